The zero-order valence-corrected chi connectivity index (χ0v) is 16.6. The summed E-state index contributed by atoms with van der Waals surface area (Å²) in [5.41, 5.74) is 0.0371. The summed E-state index contributed by atoms with van der Waals surface area (Å²) in [5.74, 6) is 0.779. The van der Waals surface area contributed by atoms with E-state index in [2.05, 4.69) is 17.3 Å². The number of alkyl halides is 3. The van der Waals surface area contributed by atoms with Crippen molar-refractivity contribution >= 4 is 11.7 Å². The highest BCUT2D eigenvalue weighted by Gasteiger charge is 2.47. The number of hydrogen-bond donors (Lipinski definition) is 1. The molecule has 1 saturated heterocycles. The lowest BCUT2D eigenvalue weighted by molar-refractivity contribution is -0.174. The van der Waals surface area contributed by atoms with Gasteiger partial charge in [-0.3, -0.25) is 4.79 Å². The summed E-state index contributed by atoms with van der Waals surface area (Å²) < 4.78 is 47.5. The third-order valence-corrected chi connectivity index (χ3v) is 5.97. The van der Waals surface area contributed by atoms with Crippen molar-refractivity contribution in [1.82, 2.24) is 14.7 Å². The summed E-state index contributed by atoms with van der Waals surface area (Å²) in [4.78, 5) is 14.9. The van der Waals surface area contributed by atoms with Crippen LogP contribution in [0.2, 0.25) is 0 Å². The molecule has 5 atom stereocenters. The highest BCUT2D eigenvalue weighted by Crippen LogP contribution is 2.44. The Bertz CT molecular complexity index is 865. The first-order valence-electron chi connectivity index (χ1n) is 9.94. The van der Waals surface area contributed by atoms with Crippen LogP contribution >= 0.6 is 0 Å². The maximum absolute atomic E-state index is 13.8. The summed E-state index contributed by atoms with van der Waals surface area (Å²) in [6.45, 7) is 6.10. The molecule has 29 heavy (non-hydrogen) atoms. The van der Waals surface area contributed by atoms with E-state index >= 15 is 0 Å². The molecule has 2 aromatic heterocycles. The third-order valence-electron chi connectivity index (χ3n) is 5.97. The van der Waals surface area contributed by atoms with Crippen LogP contribution in [-0.4, -0.2) is 38.8 Å². The van der Waals surface area contributed by atoms with E-state index < -0.39 is 18.3 Å². The van der Waals surface area contributed by atoms with Gasteiger partial charge in [0, 0.05) is 24.6 Å². The Morgan fingerprint density at radius 1 is 1.21 bits per heavy atom. The number of amides is 1. The second-order valence-corrected chi connectivity index (χ2v) is 8.35. The van der Waals surface area contributed by atoms with Gasteiger partial charge in [0.2, 0.25) is 0 Å². The number of furan rings is 1. The van der Waals surface area contributed by atoms with E-state index in [4.69, 9.17) is 4.42 Å². The van der Waals surface area contributed by atoms with Crippen molar-refractivity contribution in [2.75, 3.05) is 5.32 Å². The zero-order valence-electron chi connectivity index (χ0n) is 16.6. The predicted molar refractivity (Wildman–Crippen MR) is 100 cm³/mol. The number of aromatic nitrogens is 2. The van der Waals surface area contributed by atoms with E-state index in [0.29, 0.717) is 11.7 Å². The number of fused-ring (bicyclic) bond motifs is 1. The number of carbonyl (C=O) groups is 1. The summed E-state index contributed by atoms with van der Waals surface area (Å²) in [6, 6.07) is 2.27. The molecule has 0 radical (unpaired) electrons. The minimum absolute atomic E-state index is 0.0159. The van der Waals surface area contributed by atoms with Gasteiger partial charge in [-0.2, -0.15) is 18.3 Å². The van der Waals surface area contributed by atoms with Crippen molar-refractivity contribution in [2.45, 2.75) is 70.4 Å². The molecule has 0 bridgehead atoms. The first-order chi connectivity index (χ1) is 13.6. The van der Waals surface area contributed by atoms with Crippen LogP contribution in [0, 0.1) is 5.92 Å². The number of rotatable bonds is 2. The fourth-order valence-corrected chi connectivity index (χ4v) is 4.81. The van der Waals surface area contributed by atoms with Crippen molar-refractivity contribution in [3.05, 3.63) is 35.9 Å². The number of anilines is 1. The number of halogens is 3. The Hall–Kier alpha value is -2.45. The summed E-state index contributed by atoms with van der Waals surface area (Å²) in [6.07, 6.45) is -1.58. The second-order valence-electron chi connectivity index (χ2n) is 8.35. The third kappa shape index (κ3) is 3.62. The molecule has 0 aromatic carbocycles. The number of nitrogens with one attached hydrogen (secondary N) is 1. The number of hydrogen-bond acceptors (Lipinski definition) is 4. The van der Waals surface area contributed by atoms with Gasteiger partial charge in [0.25, 0.3) is 5.91 Å². The van der Waals surface area contributed by atoms with Gasteiger partial charge in [-0.15, -0.1) is 0 Å². The molecule has 2 aliphatic heterocycles. The summed E-state index contributed by atoms with van der Waals surface area (Å²) in [5, 5.41) is 7.13. The first kappa shape index (κ1) is 19.8. The number of likely N-dealkylation sites (tertiary alicyclic amines) is 1. The van der Waals surface area contributed by atoms with Gasteiger partial charge < -0.3 is 14.6 Å². The lowest BCUT2D eigenvalue weighted by Gasteiger charge is -2.41. The molecule has 9 heteroatoms. The maximum atomic E-state index is 13.8. The topological polar surface area (TPSA) is 63.3 Å². The van der Waals surface area contributed by atoms with Crippen LogP contribution in [0.4, 0.5) is 19.0 Å². The average molecular weight is 410 g/mol. The van der Waals surface area contributed by atoms with Crippen molar-refractivity contribution in [2.24, 2.45) is 5.92 Å². The standard InChI is InChI=1S/C20H25F3N4O2/c1-11-7-12(2)26(13(3)8-11)19(28)15-10-18-24-14(16-5-4-6-29-16)9-17(20(21,22)23)27(18)25-15/h4-6,10-14,17,24H,7-9H2,1-3H3/t11?,12-,13+,14-,17+/m1/s1. The SMILES string of the molecule is CC1C[C@@H](C)N(C(=O)c2cc3n(n2)[C@H](C(F)(F)F)C[C@H](c2ccco2)N3)[C@@H](C)C1. The van der Waals surface area contributed by atoms with E-state index in [0.717, 1.165) is 17.5 Å². The lowest BCUT2D eigenvalue weighted by atomic mass is 9.88. The Morgan fingerprint density at radius 3 is 2.48 bits per heavy atom. The van der Waals surface area contributed by atoms with E-state index in [1.165, 1.54) is 12.3 Å². The van der Waals surface area contributed by atoms with Gasteiger partial charge in [0.1, 0.15) is 11.6 Å². The molecule has 1 N–H and O–H groups in total. The molecule has 0 aliphatic carbocycles. The van der Waals surface area contributed by atoms with E-state index in [9.17, 15) is 18.0 Å². The molecule has 1 unspecified atom stereocenters. The fraction of sp³-hybridized carbons (Fsp3) is 0.600. The monoisotopic (exact) mass is 410 g/mol. The van der Waals surface area contributed by atoms with Crippen LogP contribution in [0.15, 0.2) is 28.9 Å². The van der Waals surface area contributed by atoms with E-state index in [-0.39, 0.29) is 35.9 Å². The summed E-state index contributed by atoms with van der Waals surface area (Å²) >= 11 is 0. The minimum atomic E-state index is -4.49. The Balaban J connectivity index is 1.66. The fourth-order valence-electron chi connectivity index (χ4n) is 4.81. The highest BCUT2D eigenvalue weighted by atomic mass is 19.4. The van der Waals surface area contributed by atoms with Crippen LogP contribution < -0.4 is 5.32 Å². The molecule has 2 aromatic rings. The smallest absolute Gasteiger partial charge is 0.410 e. The Kier molecular flexibility index (Phi) is 4.86. The molecule has 0 spiro atoms. The highest BCUT2D eigenvalue weighted by molar-refractivity contribution is 5.93. The number of piperidine rings is 1. The molecule has 4 heterocycles. The largest absolute Gasteiger partial charge is 0.467 e. The Morgan fingerprint density at radius 2 is 1.90 bits per heavy atom. The summed E-state index contributed by atoms with van der Waals surface area (Å²) in [7, 11) is 0. The van der Waals surface area contributed by atoms with Crippen molar-refractivity contribution in [3.63, 3.8) is 0 Å². The van der Waals surface area contributed by atoms with Crippen LogP contribution in [0.25, 0.3) is 0 Å². The number of carbonyl (C=O) groups excluding carboxylic acids is 1. The van der Waals surface area contributed by atoms with Crippen LogP contribution in [0.1, 0.15) is 68.4 Å². The quantitative estimate of drug-likeness (QED) is 0.774. The average Bonchev–Trinajstić information content (AvgIpc) is 3.28. The van der Waals surface area contributed by atoms with Gasteiger partial charge in [-0.05, 0) is 44.7 Å². The molecular formula is C20H25F3N4O2. The van der Waals surface area contributed by atoms with Gasteiger partial charge in [0.05, 0.1) is 12.3 Å². The number of nitrogens with zero attached hydrogens (tertiary/aromatic N) is 3. The maximum Gasteiger partial charge on any atom is 0.410 e. The normalized spacial score (nSPS) is 30.0. The van der Waals surface area contributed by atoms with Crippen molar-refractivity contribution in [3.8, 4) is 0 Å². The Labute approximate surface area is 167 Å². The minimum Gasteiger partial charge on any atom is -0.467 e. The molecular weight excluding hydrogens is 385 g/mol. The lowest BCUT2D eigenvalue weighted by Crippen LogP contribution is -2.49. The van der Waals surface area contributed by atoms with Gasteiger partial charge in [-0.1, -0.05) is 6.92 Å². The molecule has 4 rings (SSSR count). The molecule has 2 aliphatic rings. The van der Waals surface area contributed by atoms with Crippen LogP contribution in [-0.2, 0) is 0 Å². The van der Waals surface area contributed by atoms with E-state index in [1.54, 1.807) is 17.0 Å². The first-order valence-corrected chi connectivity index (χ1v) is 9.94. The molecule has 1 amide bonds. The van der Waals surface area contributed by atoms with E-state index in [1.807, 2.05) is 13.8 Å². The van der Waals surface area contributed by atoms with Gasteiger partial charge >= 0.3 is 6.18 Å². The molecule has 158 valence electrons. The zero-order chi connectivity index (χ0) is 20.9. The predicted octanol–water partition coefficient (Wildman–Crippen LogP) is 4.79. The second kappa shape index (κ2) is 7.11. The van der Waals surface area contributed by atoms with Gasteiger partial charge in [0.15, 0.2) is 11.7 Å². The van der Waals surface area contributed by atoms with Crippen LogP contribution in [0.5, 0.6) is 0 Å². The molecule has 1 fully saturated rings. The molecule has 0 saturated carbocycles. The van der Waals surface area contributed by atoms with Crippen LogP contribution in [0.3, 0.4) is 0 Å². The van der Waals surface area contributed by atoms with Gasteiger partial charge in [-0.25, -0.2) is 4.68 Å². The van der Waals surface area contributed by atoms with Crippen molar-refractivity contribution in [1.29, 1.82) is 0 Å². The molecule has 6 nitrogen and oxygen atoms in total. The van der Waals surface area contributed by atoms with Crippen molar-refractivity contribution < 1.29 is 22.4 Å².